The van der Waals surface area contributed by atoms with Crippen LogP contribution in [0.1, 0.15) is 28.4 Å². The first-order valence-corrected chi connectivity index (χ1v) is 7.12. The third kappa shape index (κ3) is 4.35. The van der Waals surface area contributed by atoms with Gasteiger partial charge in [0.25, 0.3) is 5.91 Å². The Bertz CT molecular complexity index is 608. The molecule has 0 aliphatic carbocycles. The SMILES string of the molecule is Cc1ccc(C(=O)N[C@@H](C)COc2ccccc2)cc1C. The van der Waals surface area contributed by atoms with Crippen LogP contribution in [0.5, 0.6) is 5.75 Å². The highest BCUT2D eigenvalue weighted by atomic mass is 16.5. The molecule has 2 aromatic carbocycles. The van der Waals surface area contributed by atoms with Gasteiger partial charge < -0.3 is 10.1 Å². The fourth-order valence-corrected chi connectivity index (χ4v) is 1.97. The summed E-state index contributed by atoms with van der Waals surface area (Å²) in [6.45, 7) is 6.42. The van der Waals surface area contributed by atoms with Crippen molar-refractivity contribution >= 4 is 5.91 Å². The molecule has 3 nitrogen and oxygen atoms in total. The molecule has 0 aromatic heterocycles. The second-order valence-electron chi connectivity index (χ2n) is 5.30. The quantitative estimate of drug-likeness (QED) is 0.912. The van der Waals surface area contributed by atoms with E-state index in [4.69, 9.17) is 4.74 Å². The lowest BCUT2D eigenvalue weighted by Gasteiger charge is -2.15. The Morgan fingerprint density at radius 2 is 1.81 bits per heavy atom. The highest BCUT2D eigenvalue weighted by molar-refractivity contribution is 5.94. The van der Waals surface area contributed by atoms with Gasteiger partial charge in [-0.3, -0.25) is 4.79 Å². The number of rotatable bonds is 5. The van der Waals surface area contributed by atoms with E-state index in [0.29, 0.717) is 12.2 Å². The fourth-order valence-electron chi connectivity index (χ4n) is 1.97. The number of amides is 1. The Morgan fingerprint density at radius 3 is 2.48 bits per heavy atom. The predicted octanol–water partition coefficient (Wildman–Crippen LogP) is 3.50. The first-order valence-electron chi connectivity index (χ1n) is 7.12. The molecule has 1 amide bonds. The van der Waals surface area contributed by atoms with Gasteiger partial charge in [-0.2, -0.15) is 0 Å². The number of hydrogen-bond donors (Lipinski definition) is 1. The minimum absolute atomic E-state index is 0.0562. The Labute approximate surface area is 126 Å². The molecule has 0 bridgehead atoms. The van der Waals surface area contributed by atoms with E-state index < -0.39 is 0 Å². The summed E-state index contributed by atoms with van der Waals surface area (Å²) < 4.78 is 5.63. The standard InChI is InChI=1S/C18H21NO2/c1-13-9-10-16(11-14(13)2)18(20)19-15(3)12-21-17-7-5-4-6-8-17/h4-11,15H,12H2,1-3H3,(H,19,20)/t15-/m0/s1. The Morgan fingerprint density at radius 1 is 1.10 bits per heavy atom. The van der Waals surface area contributed by atoms with Gasteiger partial charge in [0, 0.05) is 5.56 Å². The molecule has 0 saturated heterocycles. The topological polar surface area (TPSA) is 38.3 Å². The van der Waals surface area contributed by atoms with Crippen molar-refractivity contribution in [1.29, 1.82) is 0 Å². The minimum atomic E-state index is -0.0674. The zero-order valence-corrected chi connectivity index (χ0v) is 12.7. The van der Waals surface area contributed by atoms with Gasteiger partial charge in [-0.1, -0.05) is 24.3 Å². The molecule has 0 radical (unpaired) electrons. The number of benzene rings is 2. The molecule has 0 heterocycles. The number of carbonyl (C=O) groups excluding carboxylic acids is 1. The summed E-state index contributed by atoms with van der Waals surface area (Å²) in [7, 11) is 0. The molecule has 0 aliphatic rings. The van der Waals surface area contributed by atoms with E-state index in [-0.39, 0.29) is 11.9 Å². The molecule has 0 saturated carbocycles. The molecule has 21 heavy (non-hydrogen) atoms. The van der Waals surface area contributed by atoms with Crippen LogP contribution < -0.4 is 10.1 Å². The average Bonchev–Trinajstić information content (AvgIpc) is 2.49. The van der Waals surface area contributed by atoms with Crippen LogP contribution in [0.15, 0.2) is 48.5 Å². The van der Waals surface area contributed by atoms with Gasteiger partial charge in [0.1, 0.15) is 12.4 Å². The normalized spacial score (nSPS) is 11.8. The van der Waals surface area contributed by atoms with Crippen LogP contribution in [0.3, 0.4) is 0 Å². The molecule has 110 valence electrons. The maximum absolute atomic E-state index is 12.2. The second-order valence-corrected chi connectivity index (χ2v) is 5.30. The average molecular weight is 283 g/mol. The summed E-state index contributed by atoms with van der Waals surface area (Å²) >= 11 is 0. The number of aryl methyl sites for hydroxylation is 2. The number of carbonyl (C=O) groups is 1. The van der Waals surface area contributed by atoms with Gasteiger partial charge in [-0.15, -0.1) is 0 Å². The van der Waals surface area contributed by atoms with Crippen LogP contribution in [0.25, 0.3) is 0 Å². The summed E-state index contributed by atoms with van der Waals surface area (Å²) in [6.07, 6.45) is 0. The molecular formula is C18H21NO2. The first kappa shape index (κ1) is 15.1. The van der Waals surface area contributed by atoms with Crippen molar-refractivity contribution < 1.29 is 9.53 Å². The van der Waals surface area contributed by atoms with Crippen molar-refractivity contribution in [3.05, 3.63) is 65.2 Å². The lowest BCUT2D eigenvalue weighted by molar-refractivity contribution is 0.0926. The highest BCUT2D eigenvalue weighted by Crippen LogP contribution is 2.11. The van der Waals surface area contributed by atoms with Crippen LogP contribution in [0, 0.1) is 13.8 Å². The van der Waals surface area contributed by atoms with E-state index in [1.165, 1.54) is 5.56 Å². The smallest absolute Gasteiger partial charge is 0.251 e. The van der Waals surface area contributed by atoms with Crippen LogP contribution in [-0.4, -0.2) is 18.6 Å². The van der Waals surface area contributed by atoms with E-state index in [0.717, 1.165) is 11.3 Å². The number of hydrogen-bond acceptors (Lipinski definition) is 2. The molecular weight excluding hydrogens is 262 g/mol. The van der Waals surface area contributed by atoms with E-state index in [1.54, 1.807) is 0 Å². The summed E-state index contributed by atoms with van der Waals surface area (Å²) in [5.41, 5.74) is 2.99. The first-order chi connectivity index (χ1) is 10.1. The van der Waals surface area contributed by atoms with Gasteiger partial charge in [0.15, 0.2) is 0 Å². The molecule has 1 atom stereocenters. The van der Waals surface area contributed by atoms with Crippen molar-refractivity contribution in [3.8, 4) is 5.75 Å². The number of ether oxygens (including phenoxy) is 1. The predicted molar refractivity (Wildman–Crippen MR) is 84.8 cm³/mol. The zero-order chi connectivity index (χ0) is 15.2. The number of nitrogens with one attached hydrogen (secondary N) is 1. The second kappa shape index (κ2) is 6.93. The summed E-state index contributed by atoms with van der Waals surface area (Å²) in [4.78, 5) is 12.2. The summed E-state index contributed by atoms with van der Waals surface area (Å²) in [5.74, 6) is 0.743. The van der Waals surface area contributed by atoms with Crippen molar-refractivity contribution in [2.24, 2.45) is 0 Å². The van der Waals surface area contributed by atoms with Crippen LogP contribution in [0.2, 0.25) is 0 Å². The molecule has 2 aromatic rings. The fraction of sp³-hybridized carbons (Fsp3) is 0.278. The molecule has 1 N–H and O–H groups in total. The largest absolute Gasteiger partial charge is 0.491 e. The molecule has 2 rings (SSSR count). The van der Waals surface area contributed by atoms with Gasteiger partial charge in [0.2, 0.25) is 0 Å². The summed E-state index contributed by atoms with van der Waals surface area (Å²) in [5, 5.41) is 2.95. The van der Waals surface area contributed by atoms with E-state index in [2.05, 4.69) is 5.32 Å². The molecule has 0 unspecified atom stereocenters. The lowest BCUT2D eigenvalue weighted by atomic mass is 10.1. The van der Waals surface area contributed by atoms with E-state index in [9.17, 15) is 4.79 Å². The Hall–Kier alpha value is -2.29. The van der Waals surface area contributed by atoms with Crippen LogP contribution in [0.4, 0.5) is 0 Å². The Balaban J connectivity index is 1.88. The van der Waals surface area contributed by atoms with Gasteiger partial charge in [0.05, 0.1) is 6.04 Å². The maximum atomic E-state index is 12.2. The maximum Gasteiger partial charge on any atom is 0.251 e. The zero-order valence-electron chi connectivity index (χ0n) is 12.7. The van der Waals surface area contributed by atoms with Crippen molar-refractivity contribution in [2.75, 3.05) is 6.61 Å². The lowest BCUT2D eigenvalue weighted by Crippen LogP contribution is -2.36. The molecule has 0 fully saturated rings. The van der Waals surface area contributed by atoms with Crippen molar-refractivity contribution in [1.82, 2.24) is 5.32 Å². The monoisotopic (exact) mass is 283 g/mol. The molecule has 0 spiro atoms. The highest BCUT2D eigenvalue weighted by Gasteiger charge is 2.11. The van der Waals surface area contributed by atoms with Crippen LogP contribution >= 0.6 is 0 Å². The molecule has 0 aliphatic heterocycles. The third-order valence-electron chi connectivity index (χ3n) is 3.39. The van der Waals surface area contributed by atoms with Crippen molar-refractivity contribution in [2.45, 2.75) is 26.8 Å². The van der Waals surface area contributed by atoms with Crippen molar-refractivity contribution in [3.63, 3.8) is 0 Å². The van der Waals surface area contributed by atoms with Gasteiger partial charge >= 0.3 is 0 Å². The Kier molecular flexibility index (Phi) is 4.99. The third-order valence-corrected chi connectivity index (χ3v) is 3.39. The van der Waals surface area contributed by atoms with Crippen LogP contribution in [-0.2, 0) is 0 Å². The van der Waals surface area contributed by atoms with E-state index in [1.807, 2.05) is 69.3 Å². The van der Waals surface area contributed by atoms with Gasteiger partial charge in [-0.05, 0) is 56.2 Å². The summed E-state index contributed by atoms with van der Waals surface area (Å²) in [6, 6.07) is 15.3. The van der Waals surface area contributed by atoms with E-state index >= 15 is 0 Å². The number of para-hydroxylation sites is 1. The molecule has 3 heteroatoms. The minimum Gasteiger partial charge on any atom is -0.491 e. The van der Waals surface area contributed by atoms with Gasteiger partial charge in [-0.25, -0.2) is 0 Å².